The zero-order valence-electron chi connectivity index (χ0n) is 43.2. The fraction of sp³-hybridized carbons (Fsp3) is 0.831. The van der Waals surface area contributed by atoms with Crippen LogP contribution in [0.15, 0.2) is 48.6 Å². The van der Waals surface area contributed by atoms with Gasteiger partial charge in [0, 0.05) is 12.8 Å². The van der Waals surface area contributed by atoms with Gasteiger partial charge in [0.05, 0.1) is 25.4 Å². The summed E-state index contributed by atoms with van der Waals surface area (Å²) in [4.78, 5) is 24.5. The first-order chi connectivity index (χ1) is 32.0. The number of unbranched alkanes of at least 4 members (excludes halogenated alkanes) is 35. The zero-order valence-corrected chi connectivity index (χ0v) is 43.2. The second-order valence-electron chi connectivity index (χ2n) is 19.3. The maximum Gasteiger partial charge on any atom is 0.305 e. The summed E-state index contributed by atoms with van der Waals surface area (Å²) < 4.78 is 5.43. The molecule has 0 spiro atoms. The average Bonchev–Trinajstić information content (AvgIpc) is 3.31. The molecule has 0 saturated heterocycles. The van der Waals surface area contributed by atoms with E-state index in [1.165, 1.54) is 173 Å². The van der Waals surface area contributed by atoms with E-state index in [0.717, 1.165) is 89.9 Å². The molecule has 3 N–H and O–H groups in total. The van der Waals surface area contributed by atoms with Crippen LogP contribution in [0.4, 0.5) is 0 Å². The predicted octanol–water partition coefficient (Wildman–Crippen LogP) is 17.4. The van der Waals surface area contributed by atoms with Gasteiger partial charge in [0.25, 0.3) is 0 Å². The lowest BCUT2D eigenvalue weighted by Gasteiger charge is -2.20. The third-order valence-corrected chi connectivity index (χ3v) is 12.8. The maximum atomic E-state index is 12.5. The molecule has 0 radical (unpaired) electrons. The number of hydrogen-bond acceptors (Lipinski definition) is 5. The molecule has 0 aliphatic rings. The summed E-state index contributed by atoms with van der Waals surface area (Å²) in [5, 5.41) is 23.1. The Morgan fingerprint density at radius 1 is 0.431 bits per heavy atom. The Morgan fingerprint density at radius 2 is 0.769 bits per heavy atom. The molecule has 0 saturated carbocycles. The summed E-state index contributed by atoms with van der Waals surface area (Å²) in [6, 6.07) is -0.656. The van der Waals surface area contributed by atoms with Gasteiger partial charge in [-0.1, -0.05) is 236 Å². The molecule has 65 heavy (non-hydrogen) atoms. The van der Waals surface area contributed by atoms with Gasteiger partial charge >= 0.3 is 5.97 Å². The standard InChI is InChI=1S/C59H109NO5/c1-3-5-7-9-11-13-15-17-19-20-21-22-23-24-25-26-28-29-31-35-39-43-47-51-57(62)56(55-61)60-58(63)52-48-44-40-36-33-34-38-42-46-50-54-65-59(64)53-49-45-41-37-32-30-27-18-16-14-12-10-8-6-4-2/h12,14,18,27,34,38,47,51,56-57,61-62H,3-11,13,15-17,19-26,28-33,35-37,39-46,48-50,52-55H2,1-2H3,(H,60,63)/b14-12-,27-18-,38-34-,51-47+. The van der Waals surface area contributed by atoms with Gasteiger partial charge in [0.15, 0.2) is 0 Å². The zero-order chi connectivity index (χ0) is 47.2. The number of allylic oxidation sites excluding steroid dienone is 7. The molecule has 0 aliphatic carbocycles. The quantitative estimate of drug-likeness (QED) is 0.0321. The number of esters is 1. The average molecular weight is 913 g/mol. The Bertz CT molecular complexity index is 1100. The molecule has 2 unspecified atom stereocenters. The van der Waals surface area contributed by atoms with E-state index in [-0.39, 0.29) is 18.5 Å². The van der Waals surface area contributed by atoms with Gasteiger partial charge < -0.3 is 20.3 Å². The minimum Gasteiger partial charge on any atom is -0.466 e. The highest BCUT2D eigenvalue weighted by Crippen LogP contribution is 2.16. The lowest BCUT2D eigenvalue weighted by Crippen LogP contribution is -2.45. The van der Waals surface area contributed by atoms with Crippen molar-refractivity contribution in [1.29, 1.82) is 0 Å². The van der Waals surface area contributed by atoms with Gasteiger partial charge in [-0.25, -0.2) is 0 Å². The van der Waals surface area contributed by atoms with Crippen LogP contribution in [0.25, 0.3) is 0 Å². The second kappa shape index (κ2) is 54.4. The number of rotatable bonds is 52. The molecular formula is C59H109NO5. The van der Waals surface area contributed by atoms with Crippen molar-refractivity contribution >= 4 is 11.9 Å². The number of carbonyl (C=O) groups is 2. The molecule has 0 aromatic heterocycles. The van der Waals surface area contributed by atoms with Crippen LogP contribution in [0.1, 0.15) is 290 Å². The van der Waals surface area contributed by atoms with Crippen LogP contribution >= 0.6 is 0 Å². The highest BCUT2D eigenvalue weighted by Gasteiger charge is 2.18. The topological polar surface area (TPSA) is 95.9 Å². The van der Waals surface area contributed by atoms with Crippen molar-refractivity contribution in [3.63, 3.8) is 0 Å². The molecule has 2 atom stereocenters. The van der Waals surface area contributed by atoms with Crippen molar-refractivity contribution in [3.8, 4) is 0 Å². The van der Waals surface area contributed by atoms with E-state index in [4.69, 9.17) is 4.74 Å². The number of ether oxygens (including phenoxy) is 1. The van der Waals surface area contributed by atoms with E-state index >= 15 is 0 Å². The van der Waals surface area contributed by atoms with Crippen molar-refractivity contribution < 1.29 is 24.5 Å². The van der Waals surface area contributed by atoms with Crippen LogP contribution in [-0.2, 0) is 14.3 Å². The molecule has 0 aromatic rings. The number of carbonyl (C=O) groups excluding carboxylic acids is 2. The van der Waals surface area contributed by atoms with E-state index in [1.54, 1.807) is 6.08 Å². The Kier molecular flexibility index (Phi) is 52.6. The van der Waals surface area contributed by atoms with Crippen molar-refractivity contribution in [2.75, 3.05) is 13.2 Å². The smallest absolute Gasteiger partial charge is 0.305 e. The molecule has 0 aliphatic heterocycles. The van der Waals surface area contributed by atoms with Crippen molar-refractivity contribution in [2.24, 2.45) is 0 Å². The third-order valence-electron chi connectivity index (χ3n) is 12.8. The number of amides is 1. The van der Waals surface area contributed by atoms with Crippen molar-refractivity contribution in [3.05, 3.63) is 48.6 Å². The van der Waals surface area contributed by atoms with Gasteiger partial charge in [-0.15, -0.1) is 0 Å². The van der Waals surface area contributed by atoms with E-state index in [0.29, 0.717) is 19.4 Å². The van der Waals surface area contributed by atoms with E-state index in [9.17, 15) is 19.8 Å². The monoisotopic (exact) mass is 912 g/mol. The second-order valence-corrected chi connectivity index (χ2v) is 19.3. The van der Waals surface area contributed by atoms with Crippen molar-refractivity contribution in [1.82, 2.24) is 5.32 Å². The van der Waals surface area contributed by atoms with Crippen LogP contribution in [0.3, 0.4) is 0 Å². The summed E-state index contributed by atoms with van der Waals surface area (Å²) in [5.41, 5.74) is 0. The highest BCUT2D eigenvalue weighted by atomic mass is 16.5. The lowest BCUT2D eigenvalue weighted by atomic mass is 10.0. The Hall–Kier alpha value is -2.18. The number of aliphatic hydroxyl groups excluding tert-OH is 2. The van der Waals surface area contributed by atoms with Crippen LogP contribution < -0.4 is 5.32 Å². The van der Waals surface area contributed by atoms with Crippen LogP contribution in [0.5, 0.6) is 0 Å². The van der Waals surface area contributed by atoms with Gasteiger partial charge in [0.1, 0.15) is 0 Å². The fourth-order valence-corrected chi connectivity index (χ4v) is 8.42. The maximum absolute atomic E-state index is 12.5. The summed E-state index contributed by atoms with van der Waals surface area (Å²) in [6.45, 7) is 4.79. The molecule has 0 rings (SSSR count). The van der Waals surface area contributed by atoms with Crippen molar-refractivity contribution in [2.45, 2.75) is 302 Å². The molecule has 0 bridgehead atoms. The minimum atomic E-state index is -0.869. The summed E-state index contributed by atoms with van der Waals surface area (Å²) in [7, 11) is 0. The molecule has 0 aromatic carbocycles. The van der Waals surface area contributed by atoms with E-state index in [1.807, 2.05) is 6.08 Å². The summed E-state index contributed by atoms with van der Waals surface area (Å²) >= 11 is 0. The van der Waals surface area contributed by atoms with Gasteiger partial charge in [-0.2, -0.15) is 0 Å². The van der Waals surface area contributed by atoms with Gasteiger partial charge in [0.2, 0.25) is 5.91 Å². The largest absolute Gasteiger partial charge is 0.466 e. The number of aliphatic hydroxyl groups is 2. The highest BCUT2D eigenvalue weighted by molar-refractivity contribution is 5.76. The first kappa shape index (κ1) is 62.8. The SMILES string of the molecule is CCCCC/C=C\C/C=C\CCCCCCCC(=O)OCCCC/C=C\CCCCCCC(=O)NC(CO)C(O)/C=C/CCCCCCCCCCCCCCCCCCCCCCC. The molecule has 6 nitrogen and oxygen atoms in total. The number of hydrogen-bond donors (Lipinski definition) is 3. The molecule has 6 heteroatoms. The first-order valence-corrected chi connectivity index (χ1v) is 28.4. The first-order valence-electron chi connectivity index (χ1n) is 28.4. The van der Waals surface area contributed by atoms with Crippen LogP contribution in [-0.4, -0.2) is 47.4 Å². The molecule has 0 heterocycles. The Labute approximate surface area is 404 Å². The molecular weight excluding hydrogens is 803 g/mol. The summed E-state index contributed by atoms with van der Waals surface area (Å²) in [5.74, 6) is -0.156. The minimum absolute atomic E-state index is 0.0525. The van der Waals surface area contributed by atoms with Gasteiger partial charge in [-0.3, -0.25) is 9.59 Å². The normalized spacial score (nSPS) is 13.0. The molecule has 0 fully saturated rings. The fourth-order valence-electron chi connectivity index (χ4n) is 8.42. The van der Waals surface area contributed by atoms with E-state index in [2.05, 4.69) is 55.6 Å². The number of nitrogens with one attached hydrogen (secondary N) is 1. The predicted molar refractivity (Wildman–Crippen MR) is 282 cm³/mol. The Balaban J connectivity index is 3.57. The summed E-state index contributed by atoms with van der Waals surface area (Å²) in [6.07, 6.45) is 68.5. The van der Waals surface area contributed by atoms with Crippen LogP contribution in [0.2, 0.25) is 0 Å². The molecule has 380 valence electrons. The van der Waals surface area contributed by atoms with Gasteiger partial charge in [-0.05, 0) is 89.9 Å². The van der Waals surface area contributed by atoms with Crippen LogP contribution in [0, 0.1) is 0 Å². The molecule has 1 amide bonds. The van der Waals surface area contributed by atoms with E-state index < -0.39 is 12.1 Å². The third kappa shape index (κ3) is 51.1. The lowest BCUT2D eigenvalue weighted by molar-refractivity contribution is -0.143. The Morgan fingerprint density at radius 3 is 1.22 bits per heavy atom.